The molecule has 0 saturated carbocycles. The maximum Gasteiger partial charge on any atom is 0.338 e. The summed E-state index contributed by atoms with van der Waals surface area (Å²) in [4.78, 5) is 24.0. The molecule has 2 aromatic rings. The van der Waals surface area contributed by atoms with Gasteiger partial charge in [0.15, 0.2) is 5.16 Å². The number of hydrogen-bond donors (Lipinski definition) is 1. The normalized spacial score (nSPS) is 10.5. The number of aryl methyl sites for hydroxylation is 3. The number of hydrogen-bond acceptors (Lipinski definition) is 5. The molecular formula is C13H13N3O2S. The first-order chi connectivity index (χ1) is 8.97. The first kappa shape index (κ1) is 13.5. The van der Waals surface area contributed by atoms with Gasteiger partial charge in [0.2, 0.25) is 0 Å². The molecule has 0 aliphatic rings. The number of aromatic nitrogens is 3. The molecule has 0 aliphatic carbocycles. The van der Waals surface area contributed by atoms with Crippen LogP contribution in [0.15, 0.2) is 28.5 Å². The first-order valence-corrected chi connectivity index (χ1v) is 6.48. The molecule has 1 N–H and O–H groups in total. The molecule has 2 aromatic heterocycles. The van der Waals surface area contributed by atoms with Crippen LogP contribution in [0.3, 0.4) is 0 Å². The van der Waals surface area contributed by atoms with Crippen LogP contribution in [0.5, 0.6) is 0 Å². The second kappa shape index (κ2) is 5.36. The summed E-state index contributed by atoms with van der Waals surface area (Å²) in [6, 6.07) is 3.54. The van der Waals surface area contributed by atoms with E-state index < -0.39 is 5.97 Å². The summed E-state index contributed by atoms with van der Waals surface area (Å²) in [5.41, 5.74) is 2.51. The fraction of sp³-hybridized carbons (Fsp3) is 0.231. The van der Waals surface area contributed by atoms with E-state index in [9.17, 15) is 9.90 Å². The van der Waals surface area contributed by atoms with Crippen molar-refractivity contribution in [1.29, 1.82) is 0 Å². The Hall–Kier alpha value is -1.95. The number of pyridine rings is 1. The summed E-state index contributed by atoms with van der Waals surface area (Å²) in [6.45, 7) is 5.46. The monoisotopic (exact) mass is 275 g/mol. The summed E-state index contributed by atoms with van der Waals surface area (Å²) in [6.07, 6.45) is 1.65. The molecule has 2 rings (SSSR count). The van der Waals surface area contributed by atoms with Gasteiger partial charge in [-0.1, -0.05) is 0 Å². The van der Waals surface area contributed by atoms with E-state index in [2.05, 4.69) is 15.0 Å². The molecule has 0 atom stereocenters. The minimum atomic E-state index is -0.986. The van der Waals surface area contributed by atoms with Gasteiger partial charge in [-0.3, -0.25) is 0 Å². The minimum absolute atomic E-state index is 0.209. The van der Waals surface area contributed by atoms with E-state index in [1.54, 1.807) is 25.3 Å². The van der Waals surface area contributed by atoms with Crippen molar-refractivity contribution in [3.8, 4) is 0 Å². The van der Waals surface area contributed by atoms with Gasteiger partial charge < -0.3 is 5.11 Å². The molecule has 0 saturated heterocycles. The van der Waals surface area contributed by atoms with Gasteiger partial charge in [0, 0.05) is 17.6 Å². The van der Waals surface area contributed by atoms with Crippen molar-refractivity contribution < 1.29 is 9.90 Å². The molecule has 0 unspecified atom stereocenters. The fourth-order valence-electron chi connectivity index (χ4n) is 1.70. The third kappa shape index (κ3) is 3.08. The third-order valence-corrected chi connectivity index (χ3v) is 3.35. The van der Waals surface area contributed by atoms with E-state index in [0.717, 1.165) is 11.4 Å². The van der Waals surface area contributed by atoms with Crippen molar-refractivity contribution >= 4 is 17.7 Å². The van der Waals surface area contributed by atoms with Crippen LogP contribution < -0.4 is 0 Å². The largest absolute Gasteiger partial charge is 0.478 e. The van der Waals surface area contributed by atoms with Crippen LogP contribution in [-0.4, -0.2) is 26.0 Å². The minimum Gasteiger partial charge on any atom is -0.478 e. The zero-order chi connectivity index (χ0) is 14.0. The van der Waals surface area contributed by atoms with Crippen molar-refractivity contribution in [3.05, 3.63) is 40.8 Å². The quantitative estimate of drug-likeness (QED) is 0.868. The SMILES string of the molecule is Cc1ccnc(Sc2nc(C)cc(C)c2C(=O)O)n1. The average Bonchev–Trinajstić information content (AvgIpc) is 2.26. The van der Waals surface area contributed by atoms with E-state index in [1.165, 1.54) is 11.8 Å². The lowest BCUT2D eigenvalue weighted by atomic mass is 10.1. The topological polar surface area (TPSA) is 76.0 Å². The van der Waals surface area contributed by atoms with Crippen molar-refractivity contribution in [1.82, 2.24) is 15.0 Å². The van der Waals surface area contributed by atoms with Crippen LogP contribution in [0.1, 0.15) is 27.3 Å². The fourth-order valence-corrected chi connectivity index (χ4v) is 2.71. The zero-order valence-electron chi connectivity index (χ0n) is 10.8. The molecule has 0 aliphatic heterocycles. The van der Waals surface area contributed by atoms with E-state index in [4.69, 9.17) is 0 Å². The first-order valence-electron chi connectivity index (χ1n) is 5.66. The van der Waals surface area contributed by atoms with Gasteiger partial charge in [-0.25, -0.2) is 19.7 Å². The van der Waals surface area contributed by atoms with E-state index in [-0.39, 0.29) is 5.56 Å². The van der Waals surface area contributed by atoms with Crippen molar-refractivity contribution in [2.45, 2.75) is 31.0 Å². The van der Waals surface area contributed by atoms with Gasteiger partial charge in [0.05, 0.1) is 5.56 Å². The molecule has 6 heteroatoms. The van der Waals surface area contributed by atoms with Crippen LogP contribution in [0.25, 0.3) is 0 Å². The van der Waals surface area contributed by atoms with E-state index in [1.807, 2.05) is 13.8 Å². The van der Waals surface area contributed by atoms with Crippen LogP contribution in [0.4, 0.5) is 0 Å². The van der Waals surface area contributed by atoms with E-state index in [0.29, 0.717) is 15.7 Å². The summed E-state index contributed by atoms with van der Waals surface area (Å²) in [5, 5.41) is 10.2. The number of nitrogens with zero attached hydrogens (tertiary/aromatic N) is 3. The molecule has 0 spiro atoms. The summed E-state index contributed by atoms with van der Waals surface area (Å²) >= 11 is 1.17. The summed E-state index contributed by atoms with van der Waals surface area (Å²) in [7, 11) is 0. The van der Waals surface area contributed by atoms with Gasteiger partial charge in [-0.2, -0.15) is 0 Å². The lowest BCUT2D eigenvalue weighted by molar-refractivity contribution is 0.0691. The van der Waals surface area contributed by atoms with Crippen LogP contribution in [0, 0.1) is 20.8 Å². The Morgan fingerprint density at radius 3 is 2.58 bits per heavy atom. The number of rotatable bonds is 3. The second-order valence-electron chi connectivity index (χ2n) is 4.15. The van der Waals surface area contributed by atoms with Crippen LogP contribution in [0.2, 0.25) is 0 Å². The zero-order valence-corrected chi connectivity index (χ0v) is 11.7. The van der Waals surface area contributed by atoms with Crippen molar-refractivity contribution in [2.24, 2.45) is 0 Å². The van der Waals surface area contributed by atoms with Gasteiger partial charge in [0.25, 0.3) is 0 Å². The average molecular weight is 275 g/mol. The Morgan fingerprint density at radius 1 is 1.21 bits per heavy atom. The molecule has 0 fully saturated rings. The number of carbonyl (C=O) groups is 1. The Kier molecular flexibility index (Phi) is 3.80. The molecule has 2 heterocycles. The predicted octanol–water partition coefficient (Wildman–Crippen LogP) is 2.65. The number of carboxylic acid groups (broad SMARTS) is 1. The highest BCUT2D eigenvalue weighted by Crippen LogP contribution is 2.28. The smallest absolute Gasteiger partial charge is 0.338 e. The maximum atomic E-state index is 11.3. The van der Waals surface area contributed by atoms with Crippen molar-refractivity contribution in [3.63, 3.8) is 0 Å². The second-order valence-corrected chi connectivity index (χ2v) is 5.10. The lowest BCUT2D eigenvalue weighted by Crippen LogP contribution is -2.05. The molecule has 0 aromatic carbocycles. The molecule has 19 heavy (non-hydrogen) atoms. The van der Waals surface area contributed by atoms with Gasteiger partial charge >= 0.3 is 5.97 Å². The van der Waals surface area contributed by atoms with Crippen molar-refractivity contribution in [2.75, 3.05) is 0 Å². The molecule has 98 valence electrons. The maximum absolute atomic E-state index is 11.3. The molecular weight excluding hydrogens is 262 g/mol. The Balaban J connectivity index is 2.47. The lowest BCUT2D eigenvalue weighted by Gasteiger charge is -2.08. The Labute approximate surface area is 115 Å². The van der Waals surface area contributed by atoms with Crippen LogP contribution in [-0.2, 0) is 0 Å². The number of aromatic carboxylic acids is 1. The molecule has 5 nitrogen and oxygen atoms in total. The van der Waals surface area contributed by atoms with E-state index >= 15 is 0 Å². The molecule has 0 bridgehead atoms. The van der Waals surface area contributed by atoms with Crippen LogP contribution >= 0.6 is 11.8 Å². The highest BCUT2D eigenvalue weighted by Gasteiger charge is 2.17. The van der Waals surface area contributed by atoms with Gasteiger partial charge in [0.1, 0.15) is 5.03 Å². The third-order valence-electron chi connectivity index (χ3n) is 2.49. The summed E-state index contributed by atoms with van der Waals surface area (Å²) < 4.78 is 0. The molecule has 0 radical (unpaired) electrons. The predicted molar refractivity (Wildman–Crippen MR) is 71.6 cm³/mol. The summed E-state index contributed by atoms with van der Waals surface area (Å²) in [5.74, 6) is -0.986. The highest BCUT2D eigenvalue weighted by atomic mass is 32.2. The Morgan fingerprint density at radius 2 is 1.95 bits per heavy atom. The number of carboxylic acids is 1. The van der Waals surface area contributed by atoms with Gasteiger partial charge in [-0.05, 0) is 50.2 Å². The van der Waals surface area contributed by atoms with Gasteiger partial charge in [-0.15, -0.1) is 0 Å². The molecule has 0 amide bonds. The standard InChI is InChI=1S/C13H13N3O2S/c1-7-6-9(3)15-11(10(7)12(17)18)19-13-14-5-4-8(2)16-13/h4-6H,1-3H3,(H,17,18). The Bertz CT molecular complexity index is 644. The highest BCUT2D eigenvalue weighted by molar-refractivity contribution is 7.99.